The zero-order chi connectivity index (χ0) is 17.1. The van der Waals surface area contributed by atoms with Crippen molar-refractivity contribution in [2.75, 3.05) is 13.1 Å². The van der Waals surface area contributed by atoms with E-state index in [2.05, 4.69) is 15.3 Å². The Morgan fingerprint density at radius 2 is 1.96 bits per heavy atom. The molecule has 2 amide bonds. The second-order valence-electron chi connectivity index (χ2n) is 6.00. The number of thiazole rings is 1. The van der Waals surface area contributed by atoms with E-state index >= 15 is 0 Å². The summed E-state index contributed by atoms with van der Waals surface area (Å²) in [5, 5.41) is 3.05. The third-order valence-electron chi connectivity index (χ3n) is 4.23. The van der Waals surface area contributed by atoms with Gasteiger partial charge in [0.25, 0.3) is 11.8 Å². The molecule has 2 aromatic heterocycles. The minimum Gasteiger partial charge on any atom is -0.348 e. The number of amides is 2. The number of nitrogens with one attached hydrogen (secondary N) is 1. The fraction of sp³-hybridized carbons (Fsp3) is 0.412. The molecule has 1 N–H and O–H groups in total. The van der Waals surface area contributed by atoms with Gasteiger partial charge in [-0.3, -0.25) is 14.6 Å². The third-order valence-corrected chi connectivity index (χ3v) is 5.15. The number of nitrogens with zero attached hydrogens (tertiary/aromatic N) is 3. The number of pyridine rings is 1. The Morgan fingerprint density at radius 1 is 1.21 bits per heavy atom. The average molecular weight is 344 g/mol. The average Bonchev–Trinajstić information content (AvgIpc) is 3.02. The summed E-state index contributed by atoms with van der Waals surface area (Å²) in [5.74, 6) is -0.0620. The smallest absolute Gasteiger partial charge is 0.263 e. The number of rotatable bonds is 3. The number of aromatic nitrogens is 2. The van der Waals surface area contributed by atoms with Gasteiger partial charge in [-0.05, 0) is 38.8 Å². The molecule has 3 rings (SSSR count). The highest BCUT2D eigenvalue weighted by molar-refractivity contribution is 7.11. The van der Waals surface area contributed by atoms with Crippen molar-refractivity contribution in [1.82, 2.24) is 20.2 Å². The Bertz CT molecular complexity index is 733. The van der Waals surface area contributed by atoms with Gasteiger partial charge in [-0.15, -0.1) is 11.3 Å². The van der Waals surface area contributed by atoms with Crippen molar-refractivity contribution in [3.05, 3.63) is 45.7 Å². The van der Waals surface area contributed by atoms with Crippen molar-refractivity contribution in [2.24, 2.45) is 0 Å². The van der Waals surface area contributed by atoms with E-state index in [1.54, 1.807) is 11.7 Å². The summed E-state index contributed by atoms with van der Waals surface area (Å²) >= 11 is 1.36. The first-order valence-electron chi connectivity index (χ1n) is 7.97. The van der Waals surface area contributed by atoms with Crippen LogP contribution < -0.4 is 5.32 Å². The molecule has 1 saturated heterocycles. The molecule has 1 aliphatic rings. The molecular weight excluding hydrogens is 324 g/mol. The Balaban J connectivity index is 1.54. The summed E-state index contributed by atoms with van der Waals surface area (Å²) in [6.45, 7) is 5.01. The van der Waals surface area contributed by atoms with E-state index in [9.17, 15) is 9.59 Å². The van der Waals surface area contributed by atoms with Gasteiger partial charge in [-0.25, -0.2) is 4.98 Å². The fourth-order valence-electron chi connectivity index (χ4n) is 2.77. The van der Waals surface area contributed by atoms with Gasteiger partial charge in [0, 0.05) is 31.0 Å². The first-order chi connectivity index (χ1) is 11.5. The van der Waals surface area contributed by atoms with Crippen molar-refractivity contribution in [3.8, 4) is 0 Å². The Morgan fingerprint density at radius 3 is 2.54 bits per heavy atom. The van der Waals surface area contributed by atoms with Crippen molar-refractivity contribution in [1.29, 1.82) is 0 Å². The maximum absolute atomic E-state index is 12.5. The summed E-state index contributed by atoms with van der Waals surface area (Å²) < 4.78 is 0. The maximum atomic E-state index is 12.5. The molecule has 1 aliphatic heterocycles. The SMILES string of the molecule is Cc1ccc(C(=O)N2CCC(NC(=O)c3scnc3C)CC2)cn1. The molecule has 1 fully saturated rings. The van der Waals surface area contributed by atoms with Gasteiger partial charge in [-0.2, -0.15) is 0 Å². The van der Waals surface area contributed by atoms with Crippen molar-refractivity contribution >= 4 is 23.2 Å². The number of carbonyl (C=O) groups excluding carboxylic acids is 2. The van der Waals surface area contributed by atoms with E-state index in [0.29, 0.717) is 23.5 Å². The summed E-state index contributed by atoms with van der Waals surface area (Å²) in [6.07, 6.45) is 3.14. The maximum Gasteiger partial charge on any atom is 0.263 e. The van der Waals surface area contributed by atoms with E-state index in [4.69, 9.17) is 0 Å². The van der Waals surface area contributed by atoms with Gasteiger partial charge in [0.15, 0.2) is 0 Å². The standard InChI is InChI=1S/C17H20N4O2S/c1-11-3-4-13(9-18-11)17(23)21-7-5-14(6-8-21)20-16(22)15-12(2)19-10-24-15/h3-4,9-10,14H,5-8H2,1-2H3,(H,20,22). The van der Waals surface area contributed by atoms with Crippen LogP contribution in [0.4, 0.5) is 0 Å². The van der Waals surface area contributed by atoms with Crippen LogP contribution in [0.5, 0.6) is 0 Å². The number of aryl methyl sites for hydroxylation is 2. The van der Waals surface area contributed by atoms with Gasteiger partial charge < -0.3 is 10.2 Å². The molecule has 0 unspecified atom stereocenters. The minimum atomic E-state index is -0.0671. The van der Waals surface area contributed by atoms with Gasteiger partial charge >= 0.3 is 0 Å². The highest BCUT2D eigenvalue weighted by atomic mass is 32.1. The normalized spacial score (nSPS) is 15.3. The van der Waals surface area contributed by atoms with Gasteiger partial charge in [0.1, 0.15) is 4.88 Å². The predicted molar refractivity (Wildman–Crippen MR) is 92.2 cm³/mol. The van der Waals surface area contributed by atoms with Crippen LogP contribution in [-0.2, 0) is 0 Å². The Kier molecular flexibility index (Phi) is 4.89. The second kappa shape index (κ2) is 7.09. The first-order valence-corrected chi connectivity index (χ1v) is 8.85. The lowest BCUT2D eigenvalue weighted by atomic mass is 10.0. The molecule has 7 heteroatoms. The van der Waals surface area contributed by atoms with E-state index in [1.807, 2.05) is 30.9 Å². The van der Waals surface area contributed by atoms with Crippen LogP contribution in [0.3, 0.4) is 0 Å². The topological polar surface area (TPSA) is 75.2 Å². The zero-order valence-electron chi connectivity index (χ0n) is 13.8. The molecule has 2 aromatic rings. The number of piperidine rings is 1. The summed E-state index contributed by atoms with van der Waals surface area (Å²) in [7, 11) is 0. The van der Waals surface area contributed by atoms with Crippen LogP contribution in [0.2, 0.25) is 0 Å². The number of hydrogen-bond acceptors (Lipinski definition) is 5. The highest BCUT2D eigenvalue weighted by Gasteiger charge is 2.25. The van der Waals surface area contributed by atoms with Crippen LogP contribution >= 0.6 is 11.3 Å². The van der Waals surface area contributed by atoms with Crippen molar-refractivity contribution in [3.63, 3.8) is 0 Å². The summed E-state index contributed by atoms with van der Waals surface area (Å²) in [6, 6.07) is 3.75. The molecule has 0 atom stereocenters. The summed E-state index contributed by atoms with van der Waals surface area (Å²) in [4.78, 5) is 35.5. The molecule has 0 aromatic carbocycles. The van der Waals surface area contributed by atoms with Crippen molar-refractivity contribution < 1.29 is 9.59 Å². The molecule has 6 nitrogen and oxygen atoms in total. The molecular formula is C17H20N4O2S. The Hall–Kier alpha value is -2.28. The van der Waals surface area contributed by atoms with Crippen LogP contribution in [0, 0.1) is 13.8 Å². The molecule has 126 valence electrons. The monoisotopic (exact) mass is 344 g/mol. The van der Waals surface area contributed by atoms with Gasteiger partial charge in [0.2, 0.25) is 0 Å². The lowest BCUT2D eigenvalue weighted by Gasteiger charge is -2.32. The number of likely N-dealkylation sites (tertiary alicyclic amines) is 1. The molecule has 24 heavy (non-hydrogen) atoms. The second-order valence-corrected chi connectivity index (χ2v) is 6.85. The largest absolute Gasteiger partial charge is 0.348 e. The van der Waals surface area contributed by atoms with Gasteiger partial charge in [-0.1, -0.05) is 0 Å². The van der Waals surface area contributed by atoms with E-state index in [1.165, 1.54) is 11.3 Å². The fourth-order valence-corrected chi connectivity index (χ4v) is 3.48. The molecule has 0 spiro atoms. The van der Waals surface area contributed by atoms with Crippen molar-refractivity contribution in [2.45, 2.75) is 32.7 Å². The molecule has 0 saturated carbocycles. The van der Waals surface area contributed by atoms with Crippen LogP contribution in [0.1, 0.15) is 44.3 Å². The van der Waals surface area contributed by atoms with Crippen LogP contribution in [0.25, 0.3) is 0 Å². The van der Waals surface area contributed by atoms with E-state index in [0.717, 1.165) is 24.2 Å². The van der Waals surface area contributed by atoms with Gasteiger partial charge in [0.05, 0.1) is 16.8 Å². The number of carbonyl (C=O) groups is 2. The van der Waals surface area contributed by atoms with Crippen LogP contribution in [-0.4, -0.2) is 45.8 Å². The highest BCUT2D eigenvalue weighted by Crippen LogP contribution is 2.16. The zero-order valence-corrected chi connectivity index (χ0v) is 14.6. The molecule has 3 heterocycles. The minimum absolute atomic E-state index is 0.00516. The third kappa shape index (κ3) is 3.62. The summed E-state index contributed by atoms with van der Waals surface area (Å²) in [5.41, 5.74) is 3.95. The quantitative estimate of drug-likeness (QED) is 0.926. The molecule has 0 aliphatic carbocycles. The molecule has 0 radical (unpaired) electrons. The first kappa shape index (κ1) is 16.6. The number of hydrogen-bond donors (Lipinski definition) is 1. The lowest BCUT2D eigenvalue weighted by Crippen LogP contribution is -2.46. The van der Waals surface area contributed by atoms with E-state index < -0.39 is 0 Å². The van der Waals surface area contributed by atoms with E-state index in [-0.39, 0.29) is 17.9 Å². The lowest BCUT2D eigenvalue weighted by molar-refractivity contribution is 0.0698. The Labute approximate surface area is 144 Å². The van der Waals surface area contributed by atoms with Crippen LogP contribution in [0.15, 0.2) is 23.8 Å². The molecule has 0 bridgehead atoms. The predicted octanol–water partition coefficient (Wildman–Crippen LogP) is 2.19.